The van der Waals surface area contributed by atoms with Gasteiger partial charge in [0.15, 0.2) is 0 Å². The van der Waals surface area contributed by atoms with Crippen molar-refractivity contribution in [3.8, 4) is 6.07 Å². The number of hydrogen-bond acceptors (Lipinski definition) is 4. The molecule has 0 N–H and O–H groups in total. The molecule has 2 heterocycles. The van der Waals surface area contributed by atoms with Crippen LogP contribution in [0.25, 0.3) is 0 Å². The summed E-state index contributed by atoms with van der Waals surface area (Å²) in [6.45, 7) is 7.67. The summed E-state index contributed by atoms with van der Waals surface area (Å²) in [5.41, 5.74) is 4.25. The van der Waals surface area contributed by atoms with Gasteiger partial charge in [-0.15, -0.1) is 0 Å². The fourth-order valence-corrected chi connectivity index (χ4v) is 3.93. The number of nitrogens with zero attached hydrogens (tertiary/aromatic N) is 5. The summed E-state index contributed by atoms with van der Waals surface area (Å²) < 4.78 is 1.88. The largest absolute Gasteiger partial charge is 0.368 e. The molecule has 1 aliphatic rings. The third-order valence-corrected chi connectivity index (χ3v) is 5.60. The SMILES string of the molecule is Cc1nn(CCC#N)c(C)c1CCC(=O)N1CCN(c2cccc(Cl)c2)CC1. The quantitative estimate of drug-likeness (QED) is 0.747. The first-order valence-electron chi connectivity index (χ1n) is 9.67. The number of carbonyl (C=O) groups excluding carboxylic acids is 1. The average Bonchev–Trinajstić information content (AvgIpc) is 2.97. The summed E-state index contributed by atoms with van der Waals surface area (Å²) in [6.07, 6.45) is 1.62. The third-order valence-electron chi connectivity index (χ3n) is 5.36. The van der Waals surface area contributed by atoms with Gasteiger partial charge in [0.1, 0.15) is 0 Å². The number of aromatic nitrogens is 2. The Hall–Kier alpha value is -2.52. The number of halogens is 1. The van der Waals surface area contributed by atoms with Crippen molar-refractivity contribution >= 4 is 23.2 Å². The fourth-order valence-electron chi connectivity index (χ4n) is 3.75. The van der Waals surface area contributed by atoms with Gasteiger partial charge in [-0.2, -0.15) is 10.4 Å². The summed E-state index contributed by atoms with van der Waals surface area (Å²) in [5, 5.41) is 14.0. The predicted molar refractivity (Wildman–Crippen MR) is 110 cm³/mol. The van der Waals surface area contributed by atoms with Gasteiger partial charge in [0.05, 0.1) is 24.7 Å². The van der Waals surface area contributed by atoms with Gasteiger partial charge >= 0.3 is 0 Å². The molecule has 0 radical (unpaired) electrons. The van der Waals surface area contributed by atoms with Crippen LogP contribution in [0.15, 0.2) is 24.3 Å². The highest BCUT2D eigenvalue weighted by molar-refractivity contribution is 6.30. The Morgan fingerprint density at radius 1 is 1.25 bits per heavy atom. The molecule has 0 spiro atoms. The van der Waals surface area contributed by atoms with Gasteiger partial charge < -0.3 is 9.80 Å². The number of piperazine rings is 1. The Labute approximate surface area is 171 Å². The van der Waals surface area contributed by atoms with E-state index in [9.17, 15) is 4.79 Å². The van der Waals surface area contributed by atoms with Crippen molar-refractivity contribution in [2.24, 2.45) is 0 Å². The van der Waals surface area contributed by atoms with E-state index in [0.717, 1.165) is 53.8 Å². The molecule has 7 heteroatoms. The molecule has 0 unspecified atom stereocenters. The Balaban J connectivity index is 1.53. The first-order chi connectivity index (χ1) is 13.5. The van der Waals surface area contributed by atoms with Crippen molar-refractivity contribution in [3.63, 3.8) is 0 Å². The van der Waals surface area contributed by atoms with Crippen molar-refractivity contribution in [1.29, 1.82) is 5.26 Å². The lowest BCUT2D eigenvalue weighted by Crippen LogP contribution is -2.48. The van der Waals surface area contributed by atoms with Crippen LogP contribution in [0, 0.1) is 25.2 Å². The van der Waals surface area contributed by atoms with E-state index in [4.69, 9.17) is 16.9 Å². The number of amides is 1. The number of anilines is 1. The molecule has 0 aliphatic carbocycles. The number of carbonyl (C=O) groups is 1. The number of nitriles is 1. The van der Waals surface area contributed by atoms with E-state index in [2.05, 4.69) is 22.1 Å². The van der Waals surface area contributed by atoms with Gasteiger partial charge in [-0.05, 0) is 44.0 Å². The normalized spacial score (nSPS) is 14.2. The van der Waals surface area contributed by atoms with Crippen molar-refractivity contribution in [2.45, 2.75) is 39.7 Å². The Morgan fingerprint density at radius 2 is 2.00 bits per heavy atom. The zero-order valence-electron chi connectivity index (χ0n) is 16.5. The lowest BCUT2D eigenvalue weighted by Gasteiger charge is -2.36. The van der Waals surface area contributed by atoms with Crippen molar-refractivity contribution < 1.29 is 4.79 Å². The molecule has 1 aliphatic heterocycles. The molecular formula is C21H26ClN5O. The van der Waals surface area contributed by atoms with Crippen molar-refractivity contribution in [1.82, 2.24) is 14.7 Å². The fraction of sp³-hybridized carbons (Fsp3) is 0.476. The van der Waals surface area contributed by atoms with Crippen LogP contribution in [-0.4, -0.2) is 46.8 Å². The van der Waals surface area contributed by atoms with Gasteiger partial charge in [0.2, 0.25) is 5.91 Å². The summed E-state index contributed by atoms with van der Waals surface area (Å²) in [7, 11) is 0. The highest BCUT2D eigenvalue weighted by atomic mass is 35.5. The standard InChI is InChI=1S/C21H26ClN5O/c1-16-20(17(2)27(24-16)10-4-9-23)7-8-21(28)26-13-11-25(12-14-26)19-6-3-5-18(22)15-19/h3,5-6,15H,4,7-8,10-14H2,1-2H3. The number of hydrogen-bond donors (Lipinski definition) is 0. The number of aryl methyl sites for hydroxylation is 2. The minimum atomic E-state index is 0.189. The molecule has 1 amide bonds. The van der Waals surface area contributed by atoms with Crippen LogP contribution in [0.4, 0.5) is 5.69 Å². The van der Waals surface area contributed by atoms with Gasteiger partial charge in [-0.1, -0.05) is 17.7 Å². The van der Waals surface area contributed by atoms with Gasteiger partial charge in [0.25, 0.3) is 0 Å². The van der Waals surface area contributed by atoms with Crippen LogP contribution in [0.3, 0.4) is 0 Å². The summed E-state index contributed by atoms with van der Waals surface area (Å²) in [6, 6.07) is 10.00. The topological polar surface area (TPSA) is 65.2 Å². The maximum atomic E-state index is 12.7. The van der Waals surface area contributed by atoms with Crippen LogP contribution >= 0.6 is 11.6 Å². The highest BCUT2D eigenvalue weighted by Crippen LogP contribution is 2.21. The highest BCUT2D eigenvalue weighted by Gasteiger charge is 2.22. The maximum Gasteiger partial charge on any atom is 0.223 e. The average molecular weight is 400 g/mol. The molecule has 0 bridgehead atoms. The monoisotopic (exact) mass is 399 g/mol. The van der Waals surface area contributed by atoms with E-state index >= 15 is 0 Å². The molecule has 1 aromatic heterocycles. The first kappa shape index (κ1) is 20.2. The van der Waals surface area contributed by atoms with Crippen LogP contribution < -0.4 is 4.90 Å². The van der Waals surface area contributed by atoms with Crippen LogP contribution in [0.1, 0.15) is 29.8 Å². The van der Waals surface area contributed by atoms with E-state index in [0.29, 0.717) is 25.8 Å². The Morgan fingerprint density at radius 3 is 2.68 bits per heavy atom. The molecule has 2 aromatic rings. The molecular weight excluding hydrogens is 374 g/mol. The number of benzene rings is 1. The zero-order valence-corrected chi connectivity index (χ0v) is 17.2. The van der Waals surface area contributed by atoms with Gasteiger partial charge in [-0.25, -0.2) is 0 Å². The molecule has 1 saturated heterocycles. The summed E-state index contributed by atoms with van der Waals surface area (Å²) in [4.78, 5) is 16.9. The zero-order chi connectivity index (χ0) is 20.1. The lowest BCUT2D eigenvalue weighted by atomic mass is 10.1. The molecule has 3 rings (SSSR count). The first-order valence-corrected chi connectivity index (χ1v) is 10.1. The molecule has 1 aromatic carbocycles. The van der Waals surface area contributed by atoms with Gasteiger partial charge in [-0.3, -0.25) is 9.48 Å². The van der Waals surface area contributed by atoms with E-state index in [1.165, 1.54) is 0 Å². The summed E-state index contributed by atoms with van der Waals surface area (Å²) in [5.74, 6) is 0.189. The lowest BCUT2D eigenvalue weighted by molar-refractivity contribution is -0.131. The minimum absolute atomic E-state index is 0.189. The van der Waals surface area contributed by atoms with Crippen LogP contribution in [-0.2, 0) is 17.8 Å². The van der Waals surface area contributed by atoms with Crippen LogP contribution in [0.5, 0.6) is 0 Å². The van der Waals surface area contributed by atoms with E-state index in [-0.39, 0.29) is 5.91 Å². The van der Waals surface area contributed by atoms with Crippen LogP contribution in [0.2, 0.25) is 5.02 Å². The number of rotatable bonds is 6. The molecule has 1 fully saturated rings. The molecule has 0 atom stereocenters. The van der Waals surface area contributed by atoms with E-state index in [1.807, 2.05) is 41.6 Å². The van der Waals surface area contributed by atoms with E-state index < -0.39 is 0 Å². The third kappa shape index (κ3) is 4.66. The molecule has 28 heavy (non-hydrogen) atoms. The predicted octanol–water partition coefficient (Wildman–Crippen LogP) is 3.35. The van der Waals surface area contributed by atoms with Crippen molar-refractivity contribution in [2.75, 3.05) is 31.1 Å². The maximum absolute atomic E-state index is 12.7. The Kier molecular flexibility index (Phi) is 6.58. The molecule has 148 valence electrons. The van der Waals surface area contributed by atoms with Crippen molar-refractivity contribution in [3.05, 3.63) is 46.2 Å². The molecule has 0 saturated carbocycles. The Bertz CT molecular complexity index is 877. The second-order valence-corrected chi connectivity index (χ2v) is 7.56. The smallest absolute Gasteiger partial charge is 0.223 e. The molecule has 6 nitrogen and oxygen atoms in total. The second-order valence-electron chi connectivity index (χ2n) is 7.13. The van der Waals surface area contributed by atoms with E-state index in [1.54, 1.807) is 0 Å². The minimum Gasteiger partial charge on any atom is -0.368 e. The second kappa shape index (κ2) is 9.11. The summed E-state index contributed by atoms with van der Waals surface area (Å²) >= 11 is 6.08. The van der Waals surface area contributed by atoms with Gasteiger partial charge in [0, 0.05) is 49.0 Å².